The van der Waals surface area contributed by atoms with E-state index < -0.39 is 11.6 Å². The summed E-state index contributed by atoms with van der Waals surface area (Å²) in [7, 11) is 0. The number of hydrogen-bond donors (Lipinski definition) is 2. The molecule has 0 saturated heterocycles. The molecule has 1 aromatic heterocycles. The van der Waals surface area contributed by atoms with E-state index in [0.717, 1.165) is 16.5 Å². The lowest BCUT2D eigenvalue weighted by Crippen LogP contribution is -2.40. The molecule has 3 rings (SSSR count). The third kappa shape index (κ3) is 3.30. The zero-order chi connectivity index (χ0) is 15.6. The van der Waals surface area contributed by atoms with Crippen LogP contribution in [0.4, 0.5) is 4.39 Å². The second-order valence-electron chi connectivity index (χ2n) is 6.16. The fourth-order valence-electron chi connectivity index (χ4n) is 3.12. The van der Waals surface area contributed by atoms with Crippen LogP contribution in [-0.4, -0.2) is 23.3 Å². The van der Waals surface area contributed by atoms with Crippen molar-refractivity contribution in [1.29, 1.82) is 0 Å². The number of carboxylic acid groups (broad SMARTS) is 1. The Morgan fingerprint density at radius 2 is 2.14 bits per heavy atom. The van der Waals surface area contributed by atoms with E-state index in [1.807, 2.05) is 24.3 Å². The van der Waals surface area contributed by atoms with Crippen molar-refractivity contribution in [3.05, 3.63) is 36.1 Å². The van der Waals surface area contributed by atoms with Crippen LogP contribution in [-0.2, 0) is 11.3 Å². The zero-order valence-electron chi connectivity index (χ0n) is 12.3. The van der Waals surface area contributed by atoms with Gasteiger partial charge in [-0.05, 0) is 49.4 Å². The summed E-state index contributed by atoms with van der Waals surface area (Å²) in [4.78, 5) is 10.9. The third-order valence-electron chi connectivity index (χ3n) is 4.52. The molecule has 0 spiro atoms. The molecule has 0 aliphatic heterocycles. The molecule has 4 nitrogen and oxygen atoms in total. The Morgan fingerprint density at radius 3 is 2.86 bits per heavy atom. The molecule has 1 aliphatic rings. The Labute approximate surface area is 128 Å². The first-order chi connectivity index (χ1) is 10.6. The predicted octanol–water partition coefficient (Wildman–Crippen LogP) is 3.51. The molecule has 118 valence electrons. The van der Waals surface area contributed by atoms with Gasteiger partial charge in [0.05, 0.1) is 12.2 Å². The Balaban J connectivity index is 1.51. The maximum Gasteiger partial charge on any atom is 0.306 e. The summed E-state index contributed by atoms with van der Waals surface area (Å²) in [5.41, 5.74) is 0.639. The third-order valence-corrected chi connectivity index (χ3v) is 4.52. The molecule has 1 aliphatic carbocycles. The lowest BCUT2D eigenvalue weighted by Gasteiger charge is -2.32. The summed E-state index contributed by atoms with van der Waals surface area (Å²) in [6.07, 6.45) is 3.14. The van der Waals surface area contributed by atoms with Crippen LogP contribution in [0, 0.1) is 5.92 Å². The van der Waals surface area contributed by atoms with Crippen LogP contribution < -0.4 is 5.32 Å². The second-order valence-corrected chi connectivity index (χ2v) is 6.16. The van der Waals surface area contributed by atoms with Crippen LogP contribution in [0.3, 0.4) is 0 Å². The maximum absolute atomic E-state index is 14.6. The van der Waals surface area contributed by atoms with Crippen molar-refractivity contribution in [3.63, 3.8) is 0 Å². The normalized spacial score (nSPS) is 25.4. The number of aliphatic carboxylic acids is 1. The van der Waals surface area contributed by atoms with E-state index in [-0.39, 0.29) is 12.5 Å². The van der Waals surface area contributed by atoms with Gasteiger partial charge in [0.15, 0.2) is 0 Å². The van der Waals surface area contributed by atoms with Crippen LogP contribution in [0.25, 0.3) is 11.0 Å². The highest BCUT2D eigenvalue weighted by atomic mass is 19.1. The fourth-order valence-corrected chi connectivity index (χ4v) is 3.12. The van der Waals surface area contributed by atoms with E-state index >= 15 is 0 Å². The van der Waals surface area contributed by atoms with Crippen molar-refractivity contribution in [2.24, 2.45) is 5.92 Å². The van der Waals surface area contributed by atoms with E-state index in [9.17, 15) is 9.18 Å². The van der Waals surface area contributed by atoms with Gasteiger partial charge < -0.3 is 14.8 Å². The van der Waals surface area contributed by atoms with E-state index in [1.54, 1.807) is 6.26 Å². The Kier molecular flexibility index (Phi) is 4.16. The number of carbonyl (C=O) groups is 1. The molecular formula is C17H20FNO3. The number of nitrogens with one attached hydrogen (secondary N) is 1. The van der Waals surface area contributed by atoms with Gasteiger partial charge in [-0.1, -0.05) is 6.07 Å². The molecule has 5 heteroatoms. The van der Waals surface area contributed by atoms with Crippen LogP contribution in [0.5, 0.6) is 0 Å². The van der Waals surface area contributed by atoms with Crippen molar-refractivity contribution in [3.8, 4) is 0 Å². The summed E-state index contributed by atoms with van der Waals surface area (Å²) in [6, 6.07) is 7.81. The Bertz CT molecular complexity index is 659. The monoisotopic (exact) mass is 305 g/mol. The molecule has 1 aromatic carbocycles. The Morgan fingerprint density at radius 1 is 1.36 bits per heavy atom. The van der Waals surface area contributed by atoms with E-state index in [0.29, 0.717) is 32.2 Å². The molecule has 0 radical (unpaired) electrons. The van der Waals surface area contributed by atoms with Gasteiger partial charge in [0.2, 0.25) is 0 Å². The SMILES string of the molecule is O=C(O)C1CCC(F)(CNCc2ccc3occc3c2)CC1. The molecule has 0 unspecified atom stereocenters. The molecule has 2 aromatic rings. The van der Waals surface area contributed by atoms with Crippen LogP contribution in [0.15, 0.2) is 34.9 Å². The molecular weight excluding hydrogens is 285 g/mol. The minimum atomic E-state index is -1.29. The number of alkyl halides is 1. The van der Waals surface area contributed by atoms with E-state index in [4.69, 9.17) is 9.52 Å². The largest absolute Gasteiger partial charge is 0.481 e. The first-order valence-electron chi connectivity index (χ1n) is 7.64. The maximum atomic E-state index is 14.6. The van der Waals surface area contributed by atoms with Gasteiger partial charge in [-0.3, -0.25) is 4.79 Å². The number of carboxylic acids is 1. The molecule has 0 bridgehead atoms. The minimum absolute atomic E-state index is 0.267. The summed E-state index contributed by atoms with van der Waals surface area (Å²) in [6.45, 7) is 0.859. The predicted molar refractivity (Wildman–Crippen MR) is 81.4 cm³/mol. The zero-order valence-corrected chi connectivity index (χ0v) is 12.3. The molecule has 1 fully saturated rings. The van der Waals surface area contributed by atoms with E-state index in [2.05, 4.69) is 5.32 Å². The lowest BCUT2D eigenvalue weighted by atomic mass is 9.80. The summed E-state index contributed by atoms with van der Waals surface area (Å²) >= 11 is 0. The average molecular weight is 305 g/mol. The van der Waals surface area contributed by atoms with Gasteiger partial charge in [0.25, 0.3) is 0 Å². The summed E-state index contributed by atoms with van der Waals surface area (Å²) < 4.78 is 19.9. The highest BCUT2D eigenvalue weighted by molar-refractivity contribution is 5.77. The number of furan rings is 1. The highest BCUT2D eigenvalue weighted by Crippen LogP contribution is 2.34. The van der Waals surface area contributed by atoms with Gasteiger partial charge in [0.1, 0.15) is 11.3 Å². The average Bonchev–Trinajstić information content (AvgIpc) is 2.95. The molecule has 1 heterocycles. The minimum Gasteiger partial charge on any atom is -0.481 e. The van der Waals surface area contributed by atoms with Gasteiger partial charge in [-0.25, -0.2) is 4.39 Å². The number of benzene rings is 1. The summed E-state index contributed by atoms with van der Waals surface area (Å²) in [5, 5.41) is 13.2. The molecule has 1 saturated carbocycles. The Hall–Kier alpha value is -1.88. The number of rotatable bonds is 5. The smallest absolute Gasteiger partial charge is 0.306 e. The standard InChI is InChI=1S/C17H20FNO3/c18-17(6-3-13(4-7-17)16(20)21)11-19-10-12-1-2-15-14(9-12)5-8-22-15/h1-2,5,8-9,13,19H,3-4,6-7,10-11H2,(H,20,21). The molecule has 2 N–H and O–H groups in total. The van der Waals surface area contributed by atoms with Crippen molar-refractivity contribution < 1.29 is 18.7 Å². The lowest BCUT2D eigenvalue weighted by molar-refractivity contribution is -0.143. The quantitative estimate of drug-likeness (QED) is 0.887. The van der Waals surface area contributed by atoms with E-state index in [1.165, 1.54) is 0 Å². The fraction of sp³-hybridized carbons (Fsp3) is 0.471. The van der Waals surface area contributed by atoms with Crippen LogP contribution >= 0.6 is 0 Å². The molecule has 22 heavy (non-hydrogen) atoms. The molecule has 0 atom stereocenters. The van der Waals surface area contributed by atoms with Crippen LogP contribution in [0.2, 0.25) is 0 Å². The number of hydrogen-bond acceptors (Lipinski definition) is 3. The van der Waals surface area contributed by atoms with Crippen LogP contribution in [0.1, 0.15) is 31.2 Å². The molecule has 0 amide bonds. The van der Waals surface area contributed by atoms with Gasteiger partial charge in [0, 0.05) is 18.5 Å². The van der Waals surface area contributed by atoms with Crippen molar-refractivity contribution >= 4 is 16.9 Å². The summed E-state index contributed by atoms with van der Waals surface area (Å²) in [5.74, 6) is -1.18. The van der Waals surface area contributed by atoms with Gasteiger partial charge >= 0.3 is 5.97 Å². The second kappa shape index (κ2) is 6.08. The van der Waals surface area contributed by atoms with Crippen molar-refractivity contribution in [2.45, 2.75) is 37.9 Å². The number of halogens is 1. The van der Waals surface area contributed by atoms with Crippen molar-refractivity contribution in [2.75, 3.05) is 6.54 Å². The topological polar surface area (TPSA) is 62.5 Å². The van der Waals surface area contributed by atoms with Gasteiger partial charge in [-0.15, -0.1) is 0 Å². The van der Waals surface area contributed by atoms with Gasteiger partial charge in [-0.2, -0.15) is 0 Å². The van der Waals surface area contributed by atoms with Crippen molar-refractivity contribution in [1.82, 2.24) is 5.32 Å². The first-order valence-corrected chi connectivity index (χ1v) is 7.64. The first kappa shape index (κ1) is 15.0. The highest BCUT2D eigenvalue weighted by Gasteiger charge is 2.37. The number of fused-ring (bicyclic) bond motifs is 1.